The monoisotopic (exact) mass is 427 g/mol. The van der Waals surface area contributed by atoms with Gasteiger partial charge in [-0.3, -0.25) is 4.79 Å². The summed E-state index contributed by atoms with van der Waals surface area (Å²) in [6.07, 6.45) is 0.778. The van der Waals surface area contributed by atoms with Crippen LogP contribution in [0.1, 0.15) is 40.9 Å². The Bertz CT molecular complexity index is 1200. The lowest BCUT2D eigenvalue weighted by Gasteiger charge is -2.18. The number of aryl methyl sites for hydroxylation is 1. The molecule has 4 rings (SSSR count). The summed E-state index contributed by atoms with van der Waals surface area (Å²) >= 11 is 0. The highest BCUT2D eigenvalue weighted by atomic mass is 16.5. The Hall–Kier alpha value is -3.93. The first-order chi connectivity index (χ1) is 15.6. The molecule has 0 spiro atoms. The molecule has 1 N–H and O–H groups in total. The highest BCUT2D eigenvalue weighted by molar-refractivity contribution is 5.94. The second kappa shape index (κ2) is 9.47. The number of carbonyl (C=O) groups excluding carboxylic acids is 1. The van der Waals surface area contributed by atoms with Crippen molar-refractivity contribution >= 4 is 5.91 Å². The second-order valence-electron chi connectivity index (χ2n) is 7.57. The predicted octanol–water partition coefficient (Wildman–Crippen LogP) is 5.60. The SMILES string of the molecule is CCC(NC(=O)c1ccc(-c2nnc(-c3cccc(C)c3)o2)cc1)c1ccc(OC)cc1. The highest BCUT2D eigenvalue weighted by Gasteiger charge is 2.16. The van der Waals surface area contributed by atoms with Gasteiger partial charge in [-0.1, -0.05) is 36.8 Å². The van der Waals surface area contributed by atoms with Crippen molar-refractivity contribution in [3.8, 4) is 28.7 Å². The third kappa shape index (κ3) is 4.70. The maximum absolute atomic E-state index is 12.8. The van der Waals surface area contributed by atoms with Crippen molar-refractivity contribution in [3.05, 3.63) is 89.5 Å². The maximum atomic E-state index is 12.8. The molecule has 4 aromatic rings. The number of carbonyl (C=O) groups is 1. The van der Waals surface area contributed by atoms with E-state index >= 15 is 0 Å². The van der Waals surface area contributed by atoms with E-state index in [1.165, 1.54) is 0 Å². The third-order valence-corrected chi connectivity index (χ3v) is 5.32. The lowest BCUT2D eigenvalue weighted by molar-refractivity contribution is 0.0935. The molecule has 6 nitrogen and oxygen atoms in total. The fourth-order valence-corrected chi connectivity index (χ4v) is 3.50. The van der Waals surface area contributed by atoms with E-state index < -0.39 is 0 Å². The average molecular weight is 428 g/mol. The van der Waals surface area contributed by atoms with Gasteiger partial charge in [-0.25, -0.2) is 0 Å². The number of hydrogen-bond donors (Lipinski definition) is 1. The molecule has 0 aliphatic carbocycles. The standard InChI is InChI=1S/C26H25N3O3/c1-4-23(18-12-14-22(31-3)15-13-18)27-24(30)19-8-10-20(11-9-19)25-28-29-26(32-25)21-7-5-6-17(2)16-21/h5-16,23H,4H2,1-3H3,(H,27,30). The van der Waals surface area contributed by atoms with E-state index in [1.807, 2.05) is 74.5 Å². The summed E-state index contributed by atoms with van der Waals surface area (Å²) in [7, 11) is 1.63. The van der Waals surface area contributed by atoms with Gasteiger partial charge in [0.1, 0.15) is 5.75 Å². The first kappa shape index (κ1) is 21.3. The van der Waals surface area contributed by atoms with Crippen molar-refractivity contribution in [2.75, 3.05) is 7.11 Å². The smallest absolute Gasteiger partial charge is 0.251 e. The van der Waals surface area contributed by atoms with Gasteiger partial charge < -0.3 is 14.5 Å². The van der Waals surface area contributed by atoms with Gasteiger partial charge in [-0.2, -0.15) is 0 Å². The lowest BCUT2D eigenvalue weighted by atomic mass is 10.0. The number of benzene rings is 3. The Balaban J connectivity index is 1.46. The molecule has 1 heterocycles. The number of nitrogens with zero attached hydrogens (tertiary/aromatic N) is 2. The van der Waals surface area contributed by atoms with Crippen LogP contribution < -0.4 is 10.1 Å². The normalized spacial score (nSPS) is 11.7. The van der Waals surface area contributed by atoms with E-state index in [4.69, 9.17) is 9.15 Å². The fourth-order valence-electron chi connectivity index (χ4n) is 3.50. The summed E-state index contributed by atoms with van der Waals surface area (Å²) in [6, 6.07) is 22.7. The molecule has 1 aromatic heterocycles. The molecule has 0 bridgehead atoms. The van der Waals surface area contributed by atoms with E-state index in [-0.39, 0.29) is 11.9 Å². The minimum absolute atomic E-state index is 0.0825. The summed E-state index contributed by atoms with van der Waals surface area (Å²) in [5.74, 6) is 1.54. The van der Waals surface area contributed by atoms with Crippen LogP contribution >= 0.6 is 0 Å². The summed E-state index contributed by atoms with van der Waals surface area (Å²) in [5, 5.41) is 11.4. The first-order valence-corrected chi connectivity index (χ1v) is 10.5. The predicted molar refractivity (Wildman–Crippen MR) is 123 cm³/mol. The summed E-state index contributed by atoms with van der Waals surface area (Å²) in [5.41, 5.74) is 4.36. The topological polar surface area (TPSA) is 77.3 Å². The number of amides is 1. The Labute approximate surface area is 187 Å². The molecule has 0 aliphatic heterocycles. The summed E-state index contributed by atoms with van der Waals surface area (Å²) < 4.78 is 11.0. The molecule has 3 aromatic carbocycles. The van der Waals surface area contributed by atoms with Crippen LogP contribution in [-0.4, -0.2) is 23.2 Å². The Kier molecular flexibility index (Phi) is 6.31. The van der Waals surface area contributed by atoms with Gasteiger partial charge in [-0.15, -0.1) is 10.2 Å². The Morgan fingerprint density at radius 3 is 2.28 bits per heavy atom. The molecule has 1 unspecified atom stereocenters. The molecule has 0 radical (unpaired) electrons. The zero-order valence-corrected chi connectivity index (χ0v) is 18.3. The number of aromatic nitrogens is 2. The third-order valence-electron chi connectivity index (χ3n) is 5.32. The van der Waals surface area contributed by atoms with Crippen molar-refractivity contribution in [2.45, 2.75) is 26.3 Å². The number of rotatable bonds is 7. The van der Waals surface area contributed by atoms with Crippen LogP contribution in [0.2, 0.25) is 0 Å². The summed E-state index contributed by atoms with van der Waals surface area (Å²) in [4.78, 5) is 12.8. The molecule has 0 saturated heterocycles. The zero-order valence-electron chi connectivity index (χ0n) is 18.3. The number of methoxy groups -OCH3 is 1. The van der Waals surface area contributed by atoms with Gasteiger partial charge in [0.25, 0.3) is 5.91 Å². The minimum atomic E-state index is -0.134. The molecular formula is C26H25N3O3. The Morgan fingerprint density at radius 2 is 1.66 bits per heavy atom. The molecule has 0 fully saturated rings. The van der Waals surface area contributed by atoms with Gasteiger partial charge in [-0.05, 0) is 67.4 Å². The number of nitrogens with one attached hydrogen (secondary N) is 1. The van der Waals surface area contributed by atoms with Crippen molar-refractivity contribution in [1.29, 1.82) is 0 Å². The van der Waals surface area contributed by atoms with Crippen LogP contribution in [-0.2, 0) is 0 Å². The number of ether oxygens (including phenoxy) is 1. The molecule has 1 amide bonds. The van der Waals surface area contributed by atoms with Crippen LogP contribution in [0, 0.1) is 6.92 Å². The minimum Gasteiger partial charge on any atom is -0.497 e. The van der Waals surface area contributed by atoms with E-state index in [1.54, 1.807) is 19.2 Å². The quantitative estimate of drug-likeness (QED) is 0.415. The molecular weight excluding hydrogens is 402 g/mol. The van der Waals surface area contributed by atoms with Crippen LogP contribution in [0.25, 0.3) is 22.9 Å². The molecule has 162 valence electrons. The molecule has 1 atom stereocenters. The van der Waals surface area contributed by atoms with E-state index in [0.717, 1.165) is 34.4 Å². The summed E-state index contributed by atoms with van der Waals surface area (Å²) in [6.45, 7) is 4.06. The van der Waals surface area contributed by atoms with Crippen molar-refractivity contribution in [3.63, 3.8) is 0 Å². The van der Waals surface area contributed by atoms with Crippen LogP contribution in [0.15, 0.2) is 77.2 Å². The first-order valence-electron chi connectivity index (χ1n) is 10.5. The van der Waals surface area contributed by atoms with Crippen molar-refractivity contribution in [2.24, 2.45) is 0 Å². The largest absolute Gasteiger partial charge is 0.497 e. The Morgan fingerprint density at radius 1 is 0.969 bits per heavy atom. The molecule has 0 saturated carbocycles. The fraction of sp³-hybridized carbons (Fsp3) is 0.192. The van der Waals surface area contributed by atoms with Crippen molar-refractivity contribution < 1.29 is 13.9 Å². The highest BCUT2D eigenvalue weighted by Crippen LogP contribution is 2.25. The molecule has 0 aliphatic rings. The van der Waals surface area contributed by atoms with Gasteiger partial charge >= 0.3 is 0 Å². The van der Waals surface area contributed by atoms with E-state index in [2.05, 4.69) is 15.5 Å². The van der Waals surface area contributed by atoms with Crippen LogP contribution in [0.5, 0.6) is 5.75 Å². The average Bonchev–Trinajstić information content (AvgIpc) is 3.33. The van der Waals surface area contributed by atoms with E-state index in [0.29, 0.717) is 17.3 Å². The number of hydrogen-bond acceptors (Lipinski definition) is 5. The lowest BCUT2D eigenvalue weighted by Crippen LogP contribution is -2.28. The maximum Gasteiger partial charge on any atom is 0.251 e. The second-order valence-corrected chi connectivity index (χ2v) is 7.57. The van der Waals surface area contributed by atoms with Crippen LogP contribution in [0.3, 0.4) is 0 Å². The molecule has 32 heavy (non-hydrogen) atoms. The van der Waals surface area contributed by atoms with Gasteiger partial charge in [0.2, 0.25) is 11.8 Å². The van der Waals surface area contributed by atoms with Gasteiger partial charge in [0, 0.05) is 16.7 Å². The van der Waals surface area contributed by atoms with Gasteiger partial charge in [0.05, 0.1) is 13.2 Å². The zero-order chi connectivity index (χ0) is 22.5. The molecule has 6 heteroatoms. The van der Waals surface area contributed by atoms with Crippen molar-refractivity contribution in [1.82, 2.24) is 15.5 Å². The van der Waals surface area contributed by atoms with E-state index in [9.17, 15) is 4.79 Å². The van der Waals surface area contributed by atoms with Crippen LogP contribution in [0.4, 0.5) is 0 Å². The van der Waals surface area contributed by atoms with Gasteiger partial charge in [0.15, 0.2) is 0 Å².